The number of pyridine rings is 1. The van der Waals surface area contributed by atoms with Gasteiger partial charge in [0.1, 0.15) is 0 Å². The zero-order chi connectivity index (χ0) is 13.0. The molecule has 1 aromatic heterocycles. The fourth-order valence-corrected chi connectivity index (χ4v) is 2.25. The smallest absolute Gasteiger partial charge is 0.251 e. The van der Waals surface area contributed by atoms with Crippen LogP contribution in [-0.2, 0) is 0 Å². The number of aliphatic hydroxyl groups is 1. The summed E-state index contributed by atoms with van der Waals surface area (Å²) in [5.41, 5.74) is 3.80. The zero-order valence-corrected chi connectivity index (χ0v) is 11.3. The number of aryl methyl sites for hydroxylation is 1. The van der Waals surface area contributed by atoms with Gasteiger partial charge in [-0.2, -0.15) is 0 Å². The van der Waals surface area contributed by atoms with Crippen molar-refractivity contribution >= 4 is 0 Å². The molecule has 0 amide bonds. The minimum absolute atomic E-state index is 0.0296. The van der Waals surface area contributed by atoms with Crippen LogP contribution < -0.4 is 5.56 Å². The molecule has 0 aliphatic carbocycles. The third-order valence-corrected chi connectivity index (χ3v) is 3.61. The molecule has 17 heavy (non-hydrogen) atoms. The summed E-state index contributed by atoms with van der Waals surface area (Å²) < 4.78 is 0. The van der Waals surface area contributed by atoms with Gasteiger partial charge in [-0.15, -0.1) is 0 Å². The fourth-order valence-electron chi connectivity index (χ4n) is 2.25. The molecule has 3 nitrogen and oxygen atoms in total. The molecule has 0 saturated carbocycles. The van der Waals surface area contributed by atoms with E-state index in [0.717, 1.165) is 41.6 Å². The molecule has 3 heteroatoms. The van der Waals surface area contributed by atoms with Crippen LogP contribution in [0.3, 0.4) is 0 Å². The molecule has 0 aromatic carbocycles. The van der Waals surface area contributed by atoms with E-state index in [-0.39, 0.29) is 18.1 Å². The van der Waals surface area contributed by atoms with Gasteiger partial charge in [0.05, 0.1) is 6.61 Å². The summed E-state index contributed by atoms with van der Waals surface area (Å²) in [4.78, 5) is 14.9. The first-order chi connectivity index (χ1) is 8.02. The van der Waals surface area contributed by atoms with Crippen molar-refractivity contribution in [2.75, 3.05) is 6.61 Å². The molecule has 1 rings (SSSR count). The van der Waals surface area contributed by atoms with Crippen LogP contribution in [0.2, 0.25) is 0 Å². The molecule has 1 heterocycles. The Morgan fingerprint density at radius 1 is 1.24 bits per heavy atom. The maximum absolute atomic E-state index is 12.0. The van der Waals surface area contributed by atoms with E-state index in [9.17, 15) is 9.90 Å². The molecule has 0 aliphatic heterocycles. The first-order valence-electron chi connectivity index (χ1n) is 6.33. The van der Waals surface area contributed by atoms with Gasteiger partial charge in [-0.3, -0.25) is 4.79 Å². The lowest BCUT2D eigenvalue weighted by atomic mass is 9.90. The summed E-state index contributed by atoms with van der Waals surface area (Å²) in [7, 11) is 0. The summed E-state index contributed by atoms with van der Waals surface area (Å²) in [6.07, 6.45) is 2.99. The first-order valence-corrected chi connectivity index (χ1v) is 6.33. The Morgan fingerprint density at radius 3 is 2.41 bits per heavy atom. The van der Waals surface area contributed by atoms with Gasteiger partial charge >= 0.3 is 0 Å². The number of unbranched alkanes of at least 4 members (excludes halogenated alkanes) is 1. The van der Waals surface area contributed by atoms with E-state index in [4.69, 9.17) is 0 Å². The zero-order valence-electron chi connectivity index (χ0n) is 11.3. The van der Waals surface area contributed by atoms with Crippen molar-refractivity contribution in [2.45, 2.75) is 52.9 Å². The van der Waals surface area contributed by atoms with Crippen LogP contribution in [0.1, 0.15) is 54.5 Å². The lowest BCUT2D eigenvalue weighted by Gasteiger charge is -2.18. The van der Waals surface area contributed by atoms with Crippen molar-refractivity contribution in [3.8, 4) is 0 Å². The maximum Gasteiger partial charge on any atom is 0.251 e. The summed E-state index contributed by atoms with van der Waals surface area (Å²) in [5, 5.41) is 9.46. The van der Waals surface area contributed by atoms with Crippen molar-refractivity contribution in [1.29, 1.82) is 0 Å². The van der Waals surface area contributed by atoms with Gasteiger partial charge in [-0.1, -0.05) is 19.8 Å². The van der Waals surface area contributed by atoms with E-state index in [1.165, 1.54) is 0 Å². The van der Waals surface area contributed by atoms with Crippen molar-refractivity contribution < 1.29 is 5.11 Å². The van der Waals surface area contributed by atoms with Gasteiger partial charge in [-0.05, 0) is 38.3 Å². The van der Waals surface area contributed by atoms with E-state index >= 15 is 0 Å². The predicted molar refractivity (Wildman–Crippen MR) is 70.6 cm³/mol. The topological polar surface area (TPSA) is 53.1 Å². The molecule has 1 aromatic rings. The quantitative estimate of drug-likeness (QED) is 0.827. The molecule has 0 aliphatic rings. The molecule has 0 radical (unpaired) electrons. The molecule has 0 fully saturated rings. The van der Waals surface area contributed by atoms with Crippen molar-refractivity contribution in [3.05, 3.63) is 32.7 Å². The van der Waals surface area contributed by atoms with Crippen molar-refractivity contribution in [1.82, 2.24) is 4.98 Å². The summed E-state index contributed by atoms with van der Waals surface area (Å²) in [5.74, 6) is -0.0296. The minimum atomic E-state index is -0.0410. The van der Waals surface area contributed by atoms with Crippen LogP contribution in [0.15, 0.2) is 4.79 Å². The van der Waals surface area contributed by atoms with E-state index in [2.05, 4.69) is 11.9 Å². The van der Waals surface area contributed by atoms with Crippen LogP contribution in [0.25, 0.3) is 0 Å². The Hall–Kier alpha value is -1.09. The van der Waals surface area contributed by atoms with E-state index in [1.807, 2.05) is 20.8 Å². The van der Waals surface area contributed by atoms with Gasteiger partial charge in [-0.25, -0.2) is 0 Å². The number of aromatic nitrogens is 1. The number of nitrogens with one attached hydrogen (secondary N) is 1. The number of hydrogen-bond acceptors (Lipinski definition) is 2. The van der Waals surface area contributed by atoms with Crippen LogP contribution in [0.5, 0.6) is 0 Å². The summed E-state index contributed by atoms with van der Waals surface area (Å²) in [6.45, 7) is 8.06. The van der Waals surface area contributed by atoms with Gasteiger partial charge in [0.2, 0.25) is 0 Å². The van der Waals surface area contributed by atoms with E-state index in [0.29, 0.717) is 0 Å². The number of aromatic amines is 1. The van der Waals surface area contributed by atoms with E-state index in [1.54, 1.807) is 0 Å². The Balaban J connectivity index is 3.19. The second-order valence-electron chi connectivity index (χ2n) is 4.76. The maximum atomic E-state index is 12.0. The Morgan fingerprint density at radius 2 is 1.88 bits per heavy atom. The molecule has 96 valence electrons. The second-order valence-corrected chi connectivity index (χ2v) is 4.76. The standard InChI is InChI=1S/C14H23NO2/c1-5-6-7-12(8-16)13-10(3)9(2)11(4)15-14(13)17/h12,16H,5-8H2,1-4H3,(H,15,17). The Labute approximate surface area is 103 Å². The first kappa shape index (κ1) is 14.0. The van der Waals surface area contributed by atoms with Crippen LogP contribution in [0, 0.1) is 20.8 Å². The molecule has 0 bridgehead atoms. The van der Waals surface area contributed by atoms with Gasteiger partial charge in [0.15, 0.2) is 0 Å². The average Bonchev–Trinajstić information content (AvgIpc) is 2.30. The monoisotopic (exact) mass is 237 g/mol. The number of hydrogen-bond donors (Lipinski definition) is 2. The van der Waals surface area contributed by atoms with Crippen LogP contribution in [0.4, 0.5) is 0 Å². The molecular formula is C14H23NO2. The number of H-pyrrole nitrogens is 1. The highest BCUT2D eigenvalue weighted by molar-refractivity contribution is 5.36. The normalized spacial score (nSPS) is 12.8. The molecule has 1 atom stereocenters. The third kappa shape index (κ3) is 2.97. The van der Waals surface area contributed by atoms with Gasteiger partial charge in [0.25, 0.3) is 5.56 Å². The van der Waals surface area contributed by atoms with Crippen LogP contribution >= 0.6 is 0 Å². The highest BCUT2D eigenvalue weighted by atomic mass is 16.3. The third-order valence-electron chi connectivity index (χ3n) is 3.61. The fraction of sp³-hybridized carbons (Fsp3) is 0.643. The summed E-state index contributed by atoms with van der Waals surface area (Å²) >= 11 is 0. The van der Waals surface area contributed by atoms with Gasteiger partial charge < -0.3 is 10.1 Å². The molecule has 1 unspecified atom stereocenters. The predicted octanol–water partition coefficient (Wildman–Crippen LogP) is 2.57. The Kier molecular flexibility index (Phi) is 4.94. The SMILES string of the molecule is CCCCC(CO)c1c(C)c(C)c(C)[nH]c1=O. The highest BCUT2D eigenvalue weighted by Crippen LogP contribution is 2.24. The van der Waals surface area contributed by atoms with Crippen LogP contribution in [-0.4, -0.2) is 16.7 Å². The van der Waals surface area contributed by atoms with Crippen molar-refractivity contribution in [2.24, 2.45) is 0 Å². The lowest BCUT2D eigenvalue weighted by molar-refractivity contribution is 0.256. The highest BCUT2D eigenvalue weighted by Gasteiger charge is 2.18. The summed E-state index contributed by atoms with van der Waals surface area (Å²) in [6, 6.07) is 0. The molecular weight excluding hydrogens is 214 g/mol. The minimum Gasteiger partial charge on any atom is -0.396 e. The lowest BCUT2D eigenvalue weighted by Crippen LogP contribution is -2.22. The van der Waals surface area contributed by atoms with Crippen molar-refractivity contribution in [3.63, 3.8) is 0 Å². The van der Waals surface area contributed by atoms with Gasteiger partial charge in [0, 0.05) is 17.2 Å². The number of aliphatic hydroxyl groups excluding tert-OH is 1. The average molecular weight is 237 g/mol. The van der Waals surface area contributed by atoms with E-state index < -0.39 is 0 Å². The molecule has 2 N–H and O–H groups in total. The molecule has 0 spiro atoms. The Bertz CT molecular complexity index is 435. The largest absolute Gasteiger partial charge is 0.396 e. The number of rotatable bonds is 5. The second kappa shape index (κ2) is 6.01. The molecule has 0 saturated heterocycles.